The standard InChI is InChI=1S/C8H12O5/c1-3-5(9)6(13-8(3)12)4(2)7(10)11/h3-6,9H,1-2H3,(H,10,11). The zero-order valence-corrected chi connectivity index (χ0v) is 7.43. The molecule has 1 rings (SSSR count). The van der Waals surface area contributed by atoms with Gasteiger partial charge in [0.05, 0.1) is 11.8 Å². The van der Waals surface area contributed by atoms with Gasteiger partial charge in [-0.3, -0.25) is 9.59 Å². The number of aliphatic carboxylic acids is 1. The van der Waals surface area contributed by atoms with E-state index in [1.165, 1.54) is 13.8 Å². The van der Waals surface area contributed by atoms with Crippen LogP contribution in [0.2, 0.25) is 0 Å². The normalized spacial score (nSPS) is 35.6. The van der Waals surface area contributed by atoms with E-state index >= 15 is 0 Å². The first-order valence-corrected chi connectivity index (χ1v) is 4.06. The van der Waals surface area contributed by atoms with Crippen LogP contribution in [0.5, 0.6) is 0 Å². The number of hydrogen-bond donors (Lipinski definition) is 2. The van der Waals surface area contributed by atoms with Crippen molar-refractivity contribution in [3.05, 3.63) is 0 Å². The maximum Gasteiger partial charge on any atom is 0.311 e. The molecule has 1 aliphatic rings. The smallest absolute Gasteiger partial charge is 0.311 e. The van der Waals surface area contributed by atoms with Gasteiger partial charge in [0, 0.05) is 0 Å². The van der Waals surface area contributed by atoms with Crippen molar-refractivity contribution in [3.63, 3.8) is 0 Å². The molecule has 1 heterocycles. The molecule has 0 amide bonds. The maximum atomic E-state index is 10.9. The van der Waals surface area contributed by atoms with Crippen LogP contribution >= 0.6 is 0 Å². The lowest BCUT2D eigenvalue weighted by molar-refractivity contribution is -0.153. The fourth-order valence-corrected chi connectivity index (χ4v) is 1.27. The van der Waals surface area contributed by atoms with Gasteiger partial charge in [-0.2, -0.15) is 0 Å². The second kappa shape index (κ2) is 3.33. The molecule has 0 spiro atoms. The Balaban J connectivity index is 2.73. The van der Waals surface area contributed by atoms with Gasteiger partial charge in [-0.05, 0) is 13.8 Å². The summed E-state index contributed by atoms with van der Waals surface area (Å²) in [6.07, 6.45) is -1.93. The molecule has 4 atom stereocenters. The van der Waals surface area contributed by atoms with Crippen LogP contribution in [0.25, 0.3) is 0 Å². The van der Waals surface area contributed by atoms with E-state index in [2.05, 4.69) is 0 Å². The Morgan fingerprint density at radius 2 is 2.15 bits per heavy atom. The van der Waals surface area contributed by atoms with Crippen molar-refractivity contribution in [3.8, 4) is 0 Å². The summed E-state index contributed by atoms with van der Waals surface area (Å²) in [4.78, 5) is 21.5. The summed E-state index contributed by atoms with van der Waals surface area (Å²) < 4.78 is 4.74. The lowest BCUT2D eigenvalue weighted by Crippen LogP contribution is -2.35. The molecule has 0 radical (unpaired) electrons. The zero-order valence-electron chi connectivity index (χ0n) is 7.43. The molecule has 0 aliphatic carbocycles. The fourth-order valence-electron chi connectivity index (χ4n) is 1.27. The summed E-state index contributed by atoms with van der Waals surface area (Å²) in [6.45, 7) is 2.92. The predicted molar refractivity (Wildman–Crippen MR) is 41.9 cm³/mol. The highest BCUT2D eigenvalue weighted by molar-refractivity contribution is 5.77. The fraction of sp³-hybridized carbons (Fsp3) is 0.750. The van der Waals surface area contributed by atoms with Crippen LogP contribution in [0.3, 0.4) is 0 Å². The summed E-state index contributed by atoms with van der Waals surface area (Å²) in [6, 6.07) is 0. The van der Waals surface area contributed by atoms with Crippen LogP contribution < -0.4 is 0 Å². The number of esters is 1. The minimum absolute atomic E-state index is 0.536. The molecule has 5 nitrogen and oxygen atoms in total. The SMILES string of the molecule is CC1C(=O)OC(C(C)C(=O)O)C1O. The molecule has 2 N–H and O–H groups in total. The van der Waals surface area contributed by atoms with Crippen LogP contribution in [0, 0.1) is 11.8 Å². The summed E-state index contributed by atoms with van der Waals surface area (Å²) in [5.41, 5.74) is 0. The van der Waals surface area contributed by atoms with Crippen molar-refractivity contribution >= 4 is 11.9 Å². The topological polar surface area (TPSA) is 83.8 Å². The highest BCUT2D eigenvalue weighted by Crippen LogP contribution is 2.26. The number of carboxylic acids is 1. The molecule has 0 aromatic carbocycles. The van der Waals surface area contributed by atoms with Crippen LogP contribution in [-0.2, 0) is 14.3 Å². The summed E-state index contributed by atoms with van der Waals surface area (Å²) in [5.74, 6) is -3.12. The number of carbonyl (C=O) groups excluding carboxylic acids is 1. The first-order chi connectivity index (χ1) is 5.95. The van der Waals surface area contributed by atoms with Gasteiger partial charge in [-0.25, -0.2) is 0 Å². The van der Waals surface area contributed by atoms with Gasteiger partial charge < -0.3 is 14.9 Å². The first-order valence-electron chi connectivity index (χ1n) is 4.06. The van der Waals surface area contributed by atoms with Crippen LogP contribution in [-0.4, -0.2) is 34.4 Å². The molecule has 5 heteroatoms. The number of carboxylic acid groups (broad SMARTS) is 1. The minimum Gasteiger partial charge on any atom is -0.481 e. The van der Waals surface area contributed by atoms with E-state index in [1.807, 2.05) is 0 Å². The number of ether oxygens (including phenoxy) is 1. The molecule has 0 aromatic rings. The van der Waals surface area contributed by atoms with Crippen molar-refractivity contribution in [1.82, 2.24) is 0 Å². The van der Waals surface area contributed by atoms with E-state index in [0.717, 1.165) is 0 Å². The molecule has 0 saturated carbocycles. The molecule has 1 aliphatic heterocycles. The molecule has 1 saturated heterocycles. The van der Waals surface area contributed by atoms with Crippen molar-refractivity contribution in [2.24, 2.45) is 11.8 Å². The van der Waals surface area contributed by atoms with Crippen LogP contribution in [0.1, 0.15) is 13.8 Å². The molecular formula is C8H12O5. The number of cyclic esters (lactones) is 1. The Morgan fingerprint density at radius 3 is 2.46 bits per heavy atom. The number of aliphatic hydroxyl groups is 1. The predicted octanol–water partition coefficient (Wildman–Crippen LogP) is -0.371. The average molecular weight is 188 g/mol. The molecular weight excluding hydrogens is 176 g/mol. The molecule has 0 aromatic heterocycles. The van der Waals surface area contributed by atoms with Crippen molar-refractivity contribution in [2.45, 2.75) is 26.1 Å². The van der Waals surface area contributed by atoms with E-state index in [4.69, 9.17) is 9.84 Å². The van der Waals surface area contributed by atoms with Crippen molar-refractivity contribution in [1.29, 1.82) is 0 Å². The van der Waals surface area contributed by atoms with Gasteiger partial charge in [0.25, 0.3) is 0 Å². The third-order valence-electron chi connectivity index (χ3n) is 2.36. The molecule has 13 heavy (non-hydrogen) atoms. The first kappa shape index (κ1) is 9.98. The third-order valence-corrected chi connectivity index (χ3v) is 2.36. The van der Waals surface area contributed by atoms with E-state index in [1.54, 1.807) is 0 Å². The quantitative estimate of drug-likeness (QED) is 0.577. The van der Waals surface area contributed by atoms with E-state index in [-0.39, 0.29) is 0 Å². The molecule has 0 bridgehead atoms. The Hall–Kier alpha value is -1.10. The monoisotopic (exact) mass is 188 g/mol. The van der Waals surface area contributed by atoms with Crippen LogP contribution in [0.4, 0.5) is 0 Å². The molecule has 4 unspecified atom stereocenters. The van der Waals surface area contributed by atoms with Gasteiger partial charge in [0.15, 0.2) is 0 Å². The highest BCUT2D eigenvalue weighted by Gasteiger charge is 2.45. The van der Waals surface area contributed by atoms with Crippen LogP contribution in [0.15, 0.2) is 0 Å². The summed E-state index contributed by atoms with van der Waals surface area (Å²) in [5, 5.41) is 18.1. The van der Waals surface area contributed by atoms with Crippen molar-refractivity contribution < 1.29 is 24.5 Å². The summed E-state index contributed by atoms with van der Waals surface area (Å²) >= 11 is 0. The Bertz CT molecular complexity index is 237. The Morgan fingerprint density at radius 1 is 1.62 bits per heavy atom. The van der Waals surface area contributed by atoms with Gasteiger partial charge in [-0.15, -0.1) is 0 Å². The van der Waals surface area contributed by atoms with Gasteiger partial charge in [0.2, 0.25) is 0 Å². The largest absolute Gasteiger partial charge is 0.481 e. The highest BCUT2D eigenvalue weighted by atomic mass is 16.6. The maximum absolute atomic E-state index is 10.9. The zero-order chi connectivity index (χ0) is 10.2. The molecule has 1 fully saturated rings. The Labute approximate surface area is 75.3 Å². The van der Waals surface area contributed by atoms with E-state index in [9.17, 15) is 14.7 Å². The number of rotatable bonds is 2. The van der Waals surface area contributed by atoms with Gasteiger partial charge in [-0.1, -0.05) is 0 Å². The Kier molecular flexibility index (Phi) is 2.56. The van der Waals surface area contributed by atoms with E-state index in [0.29, 0.717) is 0 Å². The third kappa shape index (κ3) is 1.65. The summed E-state index contributed by atoms with van der Waals surface area (Å²) in [7, 11) is 0. The minimum atomic E-state index is -1.08. The lowest BCUT2D eigenvalue weighted by atomic mass is 9.95. The number of hydrogen-bond acceptors (Lipinski definition) is 4. The lowest BCUT2D eigenvalue weighted by Gasteiger charge is -2.17. The van der Waals surface area contributed by atoms with Gasteiger partial charge in [0.1, 0.15) is 12.2 Å². The number of carbonyl (C=O) groups is 2. The average Bonchev–Trinajstić information content (AvgIpc) is 2.31. The second-order valence-corrected chi connectivity index (χ2v) is 3.31. The van der Waals surface area contributed by atoms with Gasteiger partial charge >= 0.3 is 11.9 Å². The number of aliphatic hydroxyl groups excluding tert-OH is 1. The molecule has 74 valence electrons. The van der Waals surface area contributed by atoms with Crippen molar-refractivity contribution in [2.75, 3.05) is 0 Å². The van der Waals surface area contributed by atoms with E-state index < -0.39 is 36.0 Å². The second-order valence-electron chi connectivity index (χ2n) is 3.31.